The van der Waals surface area contributed by atoms with E-state index in [-0.39, 0.29) is 32.7 Å². The predicted molar refractivity (Wildman–Crippen MR) is 147 cm³/mol. The van der Waals surface area contributed by atoms with Gasteiger partial charge in [0, 0.05) is 52.3 Å². The number of morpholine rings is 1. The third-order valence-corrected chi connectivity index (χ3v) is 6.74. The number of hydrogen-bond acceptors (Lipinski definition) is 3. The number of nitrogens with one attached hydrogen (secondary N) is 2. The van der Waals surface area contributed by atoms with Gasteiger partial charge in [0.15, 0.2) is 0 Å². The summed E-state index contributed by atoms with van der Waals surface area (Å²) < 4.78 is 5.36. The Hall–Kier alpha value is -1.18. The van der Waals surface area contributed by atoms with Crippen LogP contribution in [0.25, 0.3) is 21.8 Å². The smallest absolute Gasteiger partial charge is 0.0594 e. The summed E-state index contributed by atoms with van der Waals surface area (Å²) >= 11 is 0. The SMILES string of the molecule is [NH-]Cc1cccc2ccccc12.[Y].c1cc(CNCC2CC2)ccc1C[N-]CCCN1CCOCC1. The molecule has 6 heteroatoms. The molecule has 36 heavy (non-hydrogen) atoms. The Morgan fingerprint density at radius 3 is 2.39 bits per heavy atom. The van der Waals surface area contributed by atoms with E-state index in [1.807, 2.05) is 24.3 Å². The zero-order chi connectivity index (χ0) is 24.1. The summed E-state index contributed by atoms with van der Waals surface area (Å²) in [5.41, 5.74) is 11.1. The van der Waals surface area contributed by atoms with Crippen LogP contribution in [0.1, 0.15) is 36.0 Å². The fourth-order valence-electron chi connectivity index (χ4n) is 4.39. The Morgan fingerprint density at radius 2 is 1.64 bits per heavy atom. The Morgan fingerprint density at radius 1 is 0.917 bits per heavy atom. The van der Waals surface area contributed by atoms with Crippen molar-refractivity contribution in [1.29, 1.82) is 0 Å². The maximum absolute atomic E-state index is 7.33. The predicted octanol–water partition coefficient (Wildman–Crippen LogP) is 6.17. The summed E-state index contributed by atoms with van der Waals surface area (Å²) in [6.45, 7) is 9.43. The first-order valence-corrected chi connectivity index (χ1v) is 13.1. The standard InChI is InChI=1S/C19H30N3O.C11H10N.Y/c1(9-22-10-12-23-13-11-22)8-20-14-17-2-4-18(5-3-17)15-21-16-19-6-7-19;12-8-10-6-3-5-9-4-1-2-7-11(9)10;/h2-5,19,21H,1,6-16H2;1-7,12H,8H2;/q2*-1;. The van der Waals surface area contributed by atoms with Gasteiger partial charge in [-0.2, -0.15) is 0 Å². The molecule has 5 rings (SSSR count). The molecular formula is C30H40N4OY-2. The van der Waals surface area contributed by atoms with E-state index in [9.17, 15) is 0 Å². The second kappa shape index (κ2) is 16.6. The maximum atomic E-state index is 7.33. The van der Waals surface area contributed by atoms with Gasteiger partial charge in [-0.05, 0) is 48.2 Å². The summed E-state index contributed by atoms with van der Waals surface area (Å²) in [6.07, 6.45) is 3.99. The van der Waals surface area contributed by atoms with E-state index in [2.05, 4.69) is 58.0 Å². The van der Waals surface area contributed by atoms with Gasteiger partial charge in [-0.25, -0.2) is 0 Å². The Kier molecular flexibility index (Phi) is 13.6. The van der Waals surface area contributed by atoms with Crippen molar-refractivity contribution < 1.29 is 37.4 Å². The van der Waals surface area contributed by atoms with Crippen molar-refractivity contribution in [3.8, 4) is 0 Å². The molecule has 1 saturated carbocycles. The van der Waals surface area contributed by atoms with Gasteiger partial charge in [0.05, 0.1) is 13.2 Å². The van der Waals surface area contributed by atoms with Crippen molar-refractivity contribution in [2.75, 3.05) is 45.9 Å². The van der Waals surface area contributed by atoms with Crippen molar-refractivity contribution in [1.82, 2.24) is 10.2 Å². The van der Waals surface area contributed by atoms with Gasteiger partial charge in [0.1, 0.15) is 0 Å². The minimum Gasteiger partial charge on any atom is -0.674 e. The van der Waals surface area contributed by atoms with Crippen LogP contribution in [0.5, 0.6) is 0 Å². The zero-order valence-corrected chi connectivity index (χ0v) is 24.3. The van der Waals surface area contributed by atoms with E-state index in [0.717, 1.165) is 70.4 Å². The number of rotatable bonds is 11. The molecule has 191 valence electrons. The van der Waals surface area contributed by atoms with Gasteiger partial charge in [0.25, 0.3) is 0 Å². The Labute approximate surface area is 242 Å². The van der Waals surface area contributed by atoms with Crippen LogP contribution in [0.3, 0.4) is 0 Å². The van der Waals surface area contributed by atoms with Crippen molar-refractivity contribution in [2.45, 2.75) is 38.9 Å². The molecule has 1 aliphatic carbocycles. The van der Waals surface area contributed by atoms with Gasteiger partial charge in [-0.3, -0.25) is 4.90 Å². The van der Waals surface area contributed by atoms with E-state index in [4.69, 9.17) is 10.5 Å². The number of fused-ring (bicyclic) bond motifs is 1. The molecular weight excluding hydrogens is 521 g/mol. The van der Waals surface area contributed by atoms with Crippen molar-refractivity contribution >= 4 is 10.8 Å². The third kappa shape index (κ3) is 10.3. The van der Waals surface area contributed by atoms with Gasteiger partial charge >= 0.3 is 0 Å². The largest absolute Gasteiger partial charge is 0.674 e. The molecule has 0 atom stereocenters. The molecule has 2 aliphatic rings. The van der Waals surface area contributed by atoms with Gasteiger partial charge < -0.3 is 21.1 Å². The van der Waals surface area contributed by atoms with Gasteiger partial charge in [-0.15, -0.1) is 19.6 Å². The molecule has 0 spiro atoms. The molecule has 5 nitrogen and oxygen atoms in total. The number of benzene rings is 3. The fraction of sp³-hybridized carbons (Fsp3) is 0.467. The maximum Gasteiger partial charge on any atom is 0.0594 e. The second-order valence-corrected chi connectivity index (χ2v) is 9.62. The second-order valence-electron chi connectivity index (χ2n) is 9.62. The molecule has 0 amide bonds. The number of nitrogens with zero attached hydrogens (tertiary/aromatic N) is 2. The molecule has 1 saturated heterocycles. The van der Waals surface area contributed by atoms with Gasteiger partial charge in [-0.1, -0.05) is 84.3 Å². The molecule has 3 aromatic carbocycles. The first-order chi connectivity index (χ1) is 17.3. The van der Waals surface area contributed by atoms with Crippen molar-refractivity contribution in [2.24, 2.45) is 5.92 Å². The molecule has 2 N–H and O–H groups in total. The van der Waals surface area contributed by atoms with Crippen LogP contribution in [0.2, 0.25) is 0 Å². The molecule has 2 fully saturated rings. The zero-order valence-electron chi connectivity index (χ0n) is 21.5. The fourth-order valence-corrected chi connectivity index (χ4v) is 4.39. The Balaban J connectivity index is 0.000000234. The van der Waals surface area contributed by atoms with E-state index in [1.165, 1.54) is 41.3 Å². The van der Waals surface area contributed by atoms with E-state index in [1.54, 1.807) is 0 Å². The minimum atomic E-state index is 0. The molecule has 3 aromatic rings. The van der Waals surface area contributed by atoms with E-state index < -0.39 is 0 Å². The van der Waals surface area contributed by atoms with Crippen LogP contribution in [0.15, 0.2) is 66.7 Å². The van der Waals surface area contributed by atoms with E-state index >= 15 is 0 Å². The minimum absolute atomic E-state index is 0. The topological polar surface area (TPSA) is 62.4 Å². The number of ether oxygens (including phenoxy) is 1. The van der Waals surface area contributed by atoms with Crippen LogP contribution < -0.4 is 5.32 Å². The molecule has 1 heterocycles. The van der Waals surface area contributed by atoms with Crippen LogP contribution in [0, 0.1) is 5.92 Å². The van der Waals surface area contributed by atoms with E-state index in [0.29, 0.717) is 6.54 Å². The summed E-state index contributed by atoms with van der Waals surface area (Å²) in [7, 11) is 0. The molecule has 0 unspecified atom stereocenters. The quantitative estimate of drug-likeness (QED) is 0.285. The van der Waals surface area contributed by atoms with Crippen LogP contribution in [-0.4, -0.2) is 50.8 Å². The summed E-state index contributed by atoms with van der Waals surface area (Å²) in [6, 6.07) is 23.2. The summed E-state index contributed by atoms with van der Waals surface area (Å²) in [5.74, 6) is 0.950. The third-order valence-electron chi connectivity index (χ3n) is 6.74. The van der Waals surface area contributed by atoms with Crippen molar-refractivity contribution in [3.05, 3.63) is 94.5 Å². The molecule has 0 aromatic heterocycles. The summed E-state index contributed by atoms with van der Waals surface area (Å²) in [5, 5.41) is 10.6. The monoisotopic (exact) mass is 561 g/mol. The van der Waals surface area contributed by atoms with Crippen LogP contribution in [-0.2, 0) is 57.1 Å². The van der Waals surface area contributed by atoms with Crippen molar-refractivity contribution in [3.63, 3.8) is 0 Å². The molecule has 0 bridgehead atoms. The first kappa shape index (κ1) is 29.4. The average molecular weight is 562 g/mol. The molecule has 1 aliphatic heterocycles. The molecule has 1 radical (unpaired) electrons. The Bertz CT molecular complexity index is 998. The van der Waals surface area contributed by atoms with Crippen LogP contribution >= 0.6 is 0 Å². The number of hydrogen-bond donors (Lipinski definition) is 1. The normalized spacial score (nSPS) is 15.7. The average Bonchev–Trinajstić information content (AvgIpc) is 3.74. The summed E-state index contributed by atoms with van der Waals surface area (Å²) in [4.78, 5) is 2.47. The first-order valence-electron chi connectivity index (χ1n) is 13.1. The van der Waals surface area contributed by atoms with Gasteiger partial charge in [0.2, 0.25) is 0 Å². The van der Waals surface area contributed by atoms with Crippen LogP contribution in [0.4, 0.5) is 0 Å².